The predicted molar refractivity (Wildman–Crippen MR) is 33.8 cm³/mol. The Morgan fingerprint density at radius 1 is 1.40 bits per heavy atom. The third-order valence-electron chi connectivity index (χ3n) is 0.687. The van der Waals surface area contributed by atoms with Crippen LogP contribution in [0.4, 0.5) is 13.2 Å². The van der Waals surface area contributed by atoms with Crippen LogP contribution < -0.4 is 0 Å². The molecular weight excluding hydrogens is 189 g/mol. The zero-order chi connectivity index (χ0) is 8.15. The Bertz CT molecular complexity index is 166. The largest absolute Gasteiger partial charge is 0.301 e. The van der Waals surface area contributed by atoms with E-state index in [1.54, 1.807) is 0 Å². The fraction of sp³-hybridized carbons (Fsp3) is 0.500. The van der Waals surface area contributed by atoms with Crippen molar-refractivity contribution >= 4 is 20.7 Å². The van der Waals surface area contributed by atoms with Gasteiger partial charge in [-0.25, -0.2) is 8.60 Å². The second kappa shape index (κ2) is 4.73. The van der Waals surface area contributed by atoms with Crippen molar-refractivity contribution in [2.24, 2.45) is 0 Å². The SMILES string of the molecule is O=S(Cl)CCC(F)=C(F)F. The first-order valence-corrected chi connectivity index (χ1v) is 4.43. The van der Waals surface area contributed by atoms with Gasteiger partial charge in [0.05, 0.1) is 0 Å². The van der Waals surface area contributed by atoms with Gasteiger partial charge >= 0.3 is 6.08 Å². The summed E-state index contributed by atoms with van der Waals surface area (Å²) in [5.41, 5.74) is 0. The van der Waals surface area contributed by atoms with Crippen LogP contribution in [0.2, 0.25) is 0 Å². The van der Waals surface area contributed by atoms with Gasteiger partial charge in [0.25, 0.3) is 0 Å². The molecule has 0 aliphatic carbocycles. The van der Waals surface area contributed by atoms with Crippen molar-refractivity contribution in [3.05, 3.63) is 11.9 Å². The highest BCUT2D eigenvalue weighted by molar-refractivity contribution is 8.08. The molecule has 1 nitrogen and oxygen atoms in total. The minimum absolute atomic E-state index is 0.287. The van der Waals surface area contributed by atoms with Crippen LogP contribution in [-0.2, 0) is 10.0 Å². The zero-order valence-corrected chi connectivity index (χ0v) is 6.31. The van der Waals surface area contributed by atoms with Gasteiger partial charge in [-0.2, -0.15) is 8.78 Å². The van der Waals surface area contributed by atoms with Crippen LogP contribution >= 0.6 is 10.7 Å². The molecule has 0 rings (SSSR count). The molecule has 1 unspecified atom stereocenters. The molecule has 0 bridgehead atoms. The van der Waals surface area contributed by atoms with E-state index in [0.29, 0.717) is 0 Å². The van der Waals surface area contributed by atoms with Gasteiger partial charge in [-0.3, -0.25) is 0 Å². The molecule has 0 aliphatic rings. The molecule has 0 fully saturated rings. The van der Waals surface area contributed by atoms with Crippen molar-refractivity contribution in [2.75, 3.05) is 5.75 Å². The molecule has 0 amide bonds. The van der Waals surface area contributed by atoms with E-state index < -0.39 is 28.3 Å². The molecule has 0 saturated heterocycles. The van der Waals surface area contributed by atoms with E-state index in [1.807, 2.05) is 0 Å². The lowest BCUT2D eigenvalue weighted by Crippen LogP contribution is -1.89. The highest BCUT2D eigenvalue weighted by Crippen LogP contribution is 2.13. The monoisotopic (exact) mass is 192 g/mol. The Labute approximate surface area is 62.8 Å². The highest BCUT2D eigenvalue weighted by atomic mass is 35.7. The summed E-state index contributed by atoms with van der Waals surface area (Å²) in [6.07, 6.45) is -2.94. The molecule has 0 aromatic carbocycles. The molecule has 0 heterocycles. The van der Waals surface area contributed by atoms with Gasteiger partial charge in [-0.05, 0) is 10.7 Å². The van der Waals surface area contributed by atoms with Crippen molar-refractivity contribution in [2.45, 2.75) is 6.42 Å². The Balaban J connectivity index is 3.71. The summed E-state index contributed by atoms with van der Waals surface area (Å²) in [6.45, 7) is 0. The highest BCUT2D eigenvalue weighted by Gasteiger charge is 2.05. The van der Waals surface area contributed by atoms with Crippen molar-refractivity contribution in [3.8, 4) is 0 Å². The van der Waals surface area contributed by atoms with Crippen molar-refractivity contribution in [1.29, 1.82) is 0 Å². The van der Waals surface area contributed by atoms with Crippen molar-refractivity contribution in [3.63, 3.8) is 0 Å². The van der Waals surface area contributed by atoms with Gasteiger partial charge in [0.15, 0.2) is 5.83 Å². The van der Waals surface area contributed by atoms with E-state index in [9.17, 15) is 17.4 Å². The number of hydrogen-bond donors (Lipinski definition) is 0. The van der Waals surface area contributed by atoms with E-state index >= 15 is 0 Å². The fourth-order valence-corrected chi connectivity index (χ4v) is 0.835. The minimum atomic E-state index is -2.37. The molecule has 10 heavy (non-hydrogen) atoms. The van der Waals surface area contributed by atoms with Crippen molar-refractivity contribution < 1.29 is 17.4 Å². The first-order valence-electron chi connectivity index (χ1n) is 2.28. The lowest BCUT2D eigenvalue weighted by molar-refractivity contribution is 0.373. The van der Waals surface area contributed by atoms with Gasteiger partial charge in [0.2, 0.25) is 0 Å². The van der Waals surface area contributed by atoms with E-state index in [2.05, 4.69) is 0 Å². The van der Waals surface area contributed by atoms with Crippen LogP contribution in [0.25, 0.3) is 0 Å². The molecule has 0 aromatic heterocycles. The van der Waals surface area contributed by atoms with E-state index in [-0.39, 0.29) is 5.75 Å². The molecule has 60 valence electrons. The predicted octanol–water partition coefficient (Wildman–Crippen LogP) is 2.36. The lowest BCUT2D eigenvalue weighted by Gasteiger charge is -1.90. The second-order valence-electron chi connectivity index (χ2n) is 1.41. The molecule has 0 saturated carbocycles. The van der Waals surface area contributed by atoms with Crippen LogP contribution in [0.3, 0.4) is 0 Å². The number of hydrogen-bond acceptors (Lipinski definition) is 1. The first-order chi connectivity index (χ1) is 4.54. The standard InChI is InChI=1S/C4H4ClF3OS/c5-10(9)2-1-3(6)4(7)8/h1-2H2. The van der Waals surface area contributed by atoms with Crippen LogP contribution in [0.15, 0.2) is 11.9 Å². The molecule has 0 spiro atoms. The Morgan fingerprint density at radius 2 is 1.90 bits per heavy atom. The Morgan fingerprint density at radius 3 is 2.20 bits per heavy atom. The van der Waals surface area contributed by atoms with Gasteiger partial charge in [0, 0.05) is 12.2 Å². The Hall–Kier alpha value is -0.0300. The summed E-state index contributed by atoms with van der Waals surface area (Å²) in [7, 11) is 3.13. The average molecular weight is 193 g/mol. The summed E-state index contributed by atoms with van der Waals surface area (Å²) < 4.78 is 44.3. The first kappa shape index (κ1) is 9.97. The zero-order valence-electron chi connectivity index (χ0n) is 4.74. The summed E-state index contributed by atoms with van der Waals surface area (Å²) in [5, 5.41) is 0. The van der Waals surface area contributed by atoms with Crippen LogP contribution in [0.1, 0.15) is 6.42 Å². The maximum atomic E-state index is 11.8. The fourth-order valence-electron chi connectivity index (χ4n) is 0.264. The molecule has 6 heteroatoms. The summed E-state index contributed by atoms with van der Waals surface area (Å²) in [4.78, 5) is 0. The molecule has 0 aliphatic heterocycles. The molecular formula is C4H4ClF3OS. The van der Waals surface area contributed by atoms with Gasteiger partial charge in [-0.15, -0.1) is 0 Å². The molecule has 0 N–H and O–H groups in total. The average Bonchev–Trinajstić information content (AvgIpc) is 1.82. The maximum absolute atomic E-state index is 11.8. The number of rotatable bonds is 3. The summed E-state index contributed by atoms with van der Waals surface area (Å²) in [6, 6.07) is 0. The summed E-state index contributed by atoms with van der Waals surface area (Å²) in [5.74, 6) is -1.83. The van der Waals surface area contributed by atoms with Crippen molar-refractivity contribution in [1.82, 2.24) is 0 Å². The summed E-state index contributed by atoms with van der Waals surface area (Å²) >= 11 is 0. The quantitative estimate of drug-likeness (QED) is 0.628. The van der Waals surface area contributed by atoms with E-state index in [4.69, 9.17) is 10.7 Å². The van der Waals surface area contributed by atoms with Crippen LogP contribution in [0, 0.1) is 0 Å². The smallest absolute Gasteiger partial charge is 0.243 e. The van der Waals surface area contributed by atoms with Gasteiger partial charge < -0.3 is 0 Å². The molecule has 0 radical (unpaired) electrons. The number of allylic oxidation sites excluding steroid dienone is 1. The minimum Gasteiger partial charge on any atom is -0.243 e. The van der Waals surface area contributed by atoms with E-state index in [0.717, 1.165) is 0 Å². The topological polar surface area (TPSA) is 17.1 Å². The third-order valence-corrected chi connectivity index (χ3v) is 1.68. The van der Waals surface area contributed by atoms with Gasteiger partial charge in [0.1, 0.15) is 10.0 Å². The molecule has 0 aromatic rings. The van der Waals surface area contributed by atoms with Gasteiger partial charge in [-0.1, -0.05) is 0 Å². The number of halogens is 4. The normalized spacial score (nSPS) is 12.8. The lowest BCUT2D eigenvalue weighted by atomic mass is 10.4. The maximum Gasteiger partial charge on any atom is 0.301 e. The van der Waals surface area contributed by atoms with Crippen LogP contribution in [0.5, 0.6) is 0 Å². The second-order valence-corrected chi connectivity index (χ2v) is 3.43. The third kappa shape index (κ3) is 4.81. The van der Waals surface area contributed by atoms with Crippen LogP contribution in [-0.4, -0.2) is 9.96 Å². The Kier molecular flexibility index (Phi) is 4.72. The van der Waals surface area contributed by atoms with E-state index in [1.165, 1.54) is 0 Å². The molecule has 1 atom stereocenters.